The second-order valence-electron chi connectivity index (χ2n) is 6.08. The van der Waals surface area contributed by atoms with Gasteiger partial charge < -0.3 is 10.2 Å². The van der Waals surface area contributed by atoms with E-state index in [-0.39, 0.29) is 19.5 Å². The summed E-state index contributed by atoms with van der Waals surface area (Å²) in [4.78, 5) is 25.3. The molecule has 0 bridgehead atoms. The van der Waals surface area contributed by atoms with Crippen molar-refractivity contribution in [2.45, 2.75) is 32.1 Å². The molecule has 2 heterocycles. The Morgan fingerprint density at radius 1 is 1.44 bits per heavy atom. The zero-order valence-electron chi connectivity index (χ0n) is 14.1. The standard InChI is InChI=1S/C17H20FN3O3S/c1-11-16(25-24-20(11)2)13-5-3-12(4-6-13)9-19-17(23)15-14(18)7-8-21(15)10-22/h3-6,10,14-15H,7-9H2,1-2H3,(H,19,23)/t14?,15-/m0/s1. The van der Waals surface area contributed by atoms with Gasteiger partial charge in [-0.3, -0.25) is 9.59 Å². The fourth-order valence-corrected chi connectivity index (χ4v) is 3.67. The zero-order valence-corrected chi connectivity index (χ0v) is 14.9. The summed E-state index contributed by atoms with van der Waals surface area (Å²) in [5.41, 5.74) is 2.97. The van der Waals surface area contributed by atoms with Crippen molar-refractivity contribution < 1.29 is 18.3 Å². The van der Waals surface area contributed by atoms with Crippen molar-refractivity contribution in [3.8, 4) is 0 Å². The Morgan fingerprint density at radius 3 is 2.76 bits per heavy atom. The molecular weight excluding hydrogens is 345 g/mol. The molecule has 1 fully saturated rings. The number of carbonyl (C=O) groups excluding carboxylic acids is 2. The van der Waals surface area contributed by atoms with Crippen LogP contribution in [0.25, 0.3) is 4.91 Å². The van der Waals surface area contributed by atoms with Gasteiger partial charge in [-0.1, -0.05) is 24.3 Å². The number of nitrogens with zero attached hydrogens (tertiary/aromatic N) is 2. The van der Waals surface area contributed by atoms with E-state index in [1.54, 1.807) is 5.06 Å². The van der Waals surface area contributed by atoms with Crippen molar-refractivity contribution in [1.29, 1.82) is 0 Å². The SMILES string of the molecule is CC1=C(c2ccc(CNC(=O)[C@@H]3C(F)CCN3C=O)cc2)SON1C. The topological polar surface area (TPSA) is 61.9 Å². The number of hydrogen-bond acceptors (Lipinski definition) is 5. The molecule has 25 heavy (non-hydrogen) atoms. The van der Waals surface area contributed by atoms with E-state index in [9.17, 15) is 14.0 Å². The van der Waals surface area contributed by atoms with Gasteiger partial charge in [0.2, 0.25) is 12.3 Å². The monoisotopic (exact) mass is 365 g/mol. The van der Waals surface area contributed by atoms with Crippen molar-refractivity contribution in [2.24, 2.45) is 0 Å². The van der Waals surface area contributed by atoms with E-state index in [1.165, 1.54) is 16.9 Å². The molecule has 2 amide bonds. The van der Waals surface area contributed by atoms with Crippen LogP contribution in [0.5, 0.6) is 0 Å². The van der Waals surface area contributed by atoms with Crippen LogP contribution in [0.2, 0.25) is 0 Å². The smallest absolute Gasteiger partial charge is 0.246 e. The van der Waals surface area contributed by atoms with E-state index >= 15 is 0 Å². The summed E-state index contributed by atoms with van der Waals surface area (Å²) in [6, 6.07) is 6.72. The first-order valence-electron chi connectivity index (χ1n) is 8.02. The Labute approximate surface area is 150 Å². The van der Waals surface area contributed by atoms with Crippen molar-refractivity contribution >= 4 is 29.3 Å². The fourth-order valence-electron chi connectivity index (χ4n) is 2.89. The number of rotatable bonds is 5. The van der Waals surface area contributed by atoms with Crippen LogP contribution in [-0.4, -0.2) is 48.1 Å². The van der Waals surface area contributed by atoms with E-state index in [0.717, 1.165) is 21.7 Å². The fraction of sp³-hybridized carbons (Fsp3) is 0.412. The number of carbonyl (C=O) groups is 2. The summed E-state index contributed by atoms with van der Waals surface area (Å²) < 4.78 is 19.2. The minimum absolute atomic E-state index is 0.203. The third-order valence-corrected chi connectivity index (χ3v) is 5.48. The van der Waals surface area contributed by atoms with Crippen molar-refractivity contribution in [3.63, 3.8) is 0 Å². The summed E-state index contributed by atoms with van der Waals surface area (Å²) >= 11 is 1.31. The van der Waals surface area contributed by atoms with Gasteiger partial charge in [0.05, 0.1) is 22.6 Å². The van der Waals surface area contributed by atoms with Crippen LogP contribution in [0.4, 0.5) is 4.39 Å². The van der Waals surface area contributed by atoms with Gasteiger partial charge in [0, 0.05) is 20.1 Å². The van der Waals surface area contributed by atoms with Crippen molar-refractivity contribution in [3.05, 3.63) is 41.1 Å². The molecule has 8 heteroatoms. The Hall–Kier alpha value is -2.06. The van der Waals surface area contributed by atoms with Crippen LogP contribution in [0.3, 0.4) is 0 Å². The lowest BCUT2D eigenvalue weighted by Gasteiger charge is -2.20. The second kappa shape index (κ2) is 7.45. The molecule has 6 nitrogen and oxygen atoms in total. The van der Waals surface area contributed by atoms with Gasteiger partial charge in [-0.2, -0.15) is 4.28 Å². The Morgan fingerprint density at radius 2 is 2.16 bits per heavy atom. The maximum Gasteiger partial charge on any atom is 0.246 e. The Bertz CT molecular complexity index is 695. The highest BCUT2D eigenvalue weighted by molar-refractivity contribution is 8.04. The molecule has 1 unspecified atom stereocenters. The number of alkyl halides is 1. The van der Waals surface area contributed by atoms with Crippen LogP contribution in [0.1, 0.15) is 24.5 Å². The first-order chi connectivity index (χ1) is 12.0. The van der Waals surface area contributed by atoms with Gasteiger partial charge in [0.1, 0.15) is 12.2 Å². The van der Waals surface area contributed by atoms with Gasteiger partial charge in [0.25, 0.3) is 0 Å². The second-order valence-corrected chi connectivity index (χ2v) is 6.80. The molecule has 0 spiro atoms. The summed E-state index contributed by atoms with van der Waals surface area (Å²) in [6.07, 6.45) is -0.569. The number of halogens is 1. The predicted octanol–water partition coefficient (Wildman–Crippen LogP) is 2.09. The van der Waals surface area contributed by atoms with Crippen LogP contribution in [0.15, 0.2) is 30.0 Å². The van der Waals surface area contributed by atoms with Crippen LogP contribution < -0.4 is 5.32 Å². The Kier molecular flexibility index (Phi) is 5.29. The first kappa shape index (κ1) is 17.8. The molecule has 0 radical (unpaired) electrons. The number of nitrogens with one attached hydrogen (secondary N) is 1. The third kappa shape index (κ3) is 3.64. The van der Waals surface area contributed by atoms with Gasteiger partial charge in [-0.25, -0.2) is 9.45 Å². The lowest BCUT2D eigenvalue weighted by molar-refractivity contribution is -0.132. The molecule has 1 N–H and O–H groups in total. The maximum absolute atomic E-state index is 13.8. The van der Waals surface area contributed by atoms with E-state index < -0.39 is 18.1 Å². The van der Waals surface area contributed by atoms with Crippen LogP contribution >= 0.6 is 12.0 Å². The molecule has 1 aromatic rings. The zero-order chi connectivity index (χ0) is 18.0. The highest BCUT2D eigenvalue weighted by Gasteiger charge is 2.38. The molecule has 134 valence electrons. The molecular formula is C17H20FN3O3S. The van der Waals surface area contributed by atoms with Gasteiger partial charge in [-0.05, 0) is 24.5 Å². The number of benzene rings is 1. The molecule has 2 aliphatic rings. The molecule has 1 aromatic carbocycles. The van der Waals surface area contributed by atoms with E-state index in [1.807, 2.05) is 38.2 Å². The molecule has 0 aromatic heterocycles. The summed E-state index contributed by atoms with van der Waals surface area (Å²) in [7, 11) is 1.85. The summed E-state index contributed by atoms with van der Waals surface area (Å²) in [5, 5.41) is 4.42. The summed E-state index contributed by atoms with van der Waals surface area (Å²) in [5.74, 6) is -0.457. The predicted molar refractivity (Wildman–Crippen MR) is 93.4 cm³/mol. The molecule has 2 atom stereocenters. The minimum atomic E-state index is -1.31. The first-order valence-corrected chi connectivity index (χ1v) is 8.77. The van der Waals surface area contributed by atoms with Crippen LogP contribution in [-0.2, 0) is 20.4 Å². The number of likely N-dealkylation sites (tertiary alicyclic amines) is 1. The third-order valence-electron chi connectivity index (χ3n) is 4.48. The maximum atomic E-state index is 13.8. The van der Waals surface area contributed by atoms with Gasteiger partial charge >= 0.3 is 0 Å². The average Bonchev–Trinajstić information content (AvgIpc) is 3.16. The Balaban J connectivity index is 1.61. The summed E-state index contributed by atoms with van der Waals surface area (Å²) in [6.45, 7) is 2.55. The number of amides is 2. The minimum Gasteiger partial charge on any atom is -0.350 e. The molecule has 2 aliphatic heterocycles. The number of allylic oxidation sites excluding steroid dienone is 1. The van der Waals surface area contributed by atoms with E-state index in [2.05, 4.69) is 5.32 Å². The average molecular weight is 365 g/mol. The molecule has 1 saturated heterocycles. The van der Waals surface area contributed by atoms with Crippen molar-refractivity contribution in [2.75, 3.05) is 13.6 Å². The normalized spacial score (nSPS) is 23.3. The lowest BCUT2D eigenvalue weighted by Crippen LogP contribution is -2.46. The highest BCUT2D eigenvalue weighted by atomic mass is 32.2. The number of hydroxylamine groups is 2. The number of hydrogen-bond donors (Lipinski definition) is 1. The molecule has 0 aliphatic carbocycles. The lowest BCUT2D eigenvalue weighted by atomic mass is 10.1. The van der Waals surface area contributed by atoms with E-state index in [4.69, 9.17) is 4.28 Å². The van der Waals surface area contributed by atoms with Gasteiger partial charge in [-0.15, -0.1) is 0 Å². The van der Waals surface area contributed by atoms with Crippen LogP contribution in [0, 0.1) is 0 Å². The van der Waals surface area contributed by atoms with E-state index in [0.29, 0.717) is 6.41 Å². The highest BCUT2D eigenvalue weighted by Crippen LogP contribution is 2.39. The van der Waals surface area contributed by atoms with Crippen molar-refractivity contribution in [1.82, 2.24) is 15.3 Å². The van der Waals surface area contributed by atoms with Gasteiger partial charge in [0.15, 0.2) is 0 Å². The quantitative estimate of drug-likeness (QED) is 0.640. The molecule has 3 rings (SSSR count). The largest absolute Gasteiger partial charge is 0.350 e. The molecule has 0 saturated carbocycles.